The summed E-state index contributed by atoms with van der Waals surface area (Å²) in [6.07, 6.45) is 6.42. The fraction of sp³-hybridized carbons (Fsp3) is 0.833. The van der Waals surface area contributed by atoms with Gasteiger partial charge in [-0.25, -0.2) is 9.98 Å². The van der Waals surface area contributed by atoms with Crippen LogP contribution < -0.4 is 0 Å². The molecule has 3 nitrogen and oxygen atoms in total. The van der Waals surface area contributed by atoms with Gasteiger partial charge in [0.15, 0.2) is 0 Å². The molecule has 0 fully saturated rings. The van der Waals surface area contributed by atoms with Crippen molar-refractivity contribution in [1.82, 2.24) is 4.90 Å². The molecule has 1 atom stereocenters. The van der Waals surface area contributed by atoms with Crippen molar-refractivity contribution in [3.05, 3.63) is 0 Å². The summed E-state index contributed by atoms with van der Waals surface area (Å²) in [5.74, 6) is 2.12. The highest BCUT2D eigenvalue weighted by atomic mass is 15.3. The predicted octanol–water partition coefficient (Wildman–Crippen LogP) is 3.07. The number of hydrogen-bond donors (Lipinski definition) is 0. The highest BCUT2D eigenvalue weighted by Gasteiger charge is 2.15. The van der Waals surface area contributed by atoms with E-state index in [-0.39, 0.29) is 6.17 Å². The SMILES string of the molecule is CCCCCCC1=NC(C)N(C)C(C)=N1. The Morgan fingerprint density at radius 2 is 2.00 bits per heavy atom. The third-order valence-corrected chi connectivity index (χ3v) is 2.95. The first-order valence-corrected chi connectivity index (χ1v) is 6.00. The van der Waals surface area contributed by atoms with Crippen molar-refractivity contribution in [3.8, 4) is 0 Å². The van der Waals surface area contributed by atoms with Gasteiger partial charge < -0.3 is 4.90 Å². The van der Waals surface area contributed by atoms with E-state index in [0.717, 1.165) is 18.1 Å². The van der Waals surface area contributed by atoms with Crippen LogP contribution >= 0.6 is 0 Å². The van der Waals surface area contributed by atoms with Gasteiger partial charge in [0.05, 0.1) is 0 Å². The summed E-state index contributed by atoms with van der Waals surface area (Å²) in [6, 6.07) is 0. The fourth-order valence-corrected chi connectivity index (χ4v) is 1.70. The average molecular weight is 209 g/mol. The standard InChI is InChI=1S/C12H23N3/c1-5-6-7-8-9-12-13-10(2)15(4)11(3)14-12/h10H,5-9H2,1-4H3. The van der Waals surface area contributed by atoms with Crippen LogP contribution in [0.5, 0.6) is 0 Å². The topological polar surface area (TPSA) is 28.0 Å². The molecule has 86 valence electrons. The van der Waals surface area contributed by atoms with Crippen molar-refractivity contribution in [2.75, 3.05) is 7.05 Å². The van der Waals surface area contributed by atoms with E-state index in [4.69, 9.17) is 0 Å². The van der Waals surface area contributed by atoms with Gasteiger partial charge in [0.25, 0.3) is 0 Å². The van der Waals surface area contributed by atoms with E-state index in [1.807, 2.05) is 7.05 Å². The normalized spacial score (nSPS) is 21.3. The highest BCUT2D eigenvalue weighted by Crippen LogP contribution is 2.11. The first-order valence-electron chi connectivity index (χ1n) is 6.00. The van der Waals surface area contributed by atoms with Gasteiger partial charge in [-0.05, 0) is 20.3 Å². The second-order valence-electron chi connectivity index (χ2n) is 4.26. The zero-order valence-electron chi connectivity index (χ0n) is 10.5. The summed E-state index contributed by atoms with van der Waals surface area (Å²) in [5, 5.41) is 0. The monoisotopic (exact) mass is 209 g/mol. The average Bonchev–Trinajstić information content (AvgIpc) is 2.21. The molecule has 0 radical (unpaired) electrons. The zero-order chi connectivity index (χ0) is 11.3. The Hall–Kier alpha value is -0.860. The van der Waals surface area contributed by atoms with E-state index in [1.165, 1.54) is 25.7 Å². The van der Waals surface area contributed by atoms with Crippen LogP contribution in [-0.2, 0) is 0 Å². The maximum absolute atomic E-state index is 4.57. The van der Waals surface area contributed by atoms with Crippen LogP contribution in [0.4, 0.5) is 0 Å². The molecule has 0 N–H and O–H groups in total. The van der Waals surface area contributed by atoms with Crippen LogP contribution in [0.2, 0.25) is 0 Å². The smallest absolute Gasteiger partial charge is 0.127 e. The molecule has 0 aromatic rings. The number of unbranched alkanes of at least 4 members (excludes halogenated alkanes) is 3. The molecule has 15 heavy (non-hydrogen) atoms. The Labute approximate surface area is 93.3 Å². The van der Waals surface area contributed by atoms with Crippen molar-refractivity contribution < 1.29 is 0 Å². The lowest BCUT2D eigenvalue weighted by molar-refractivity contribution is 0.393. The molecule has 1 unspecified atom stereocenters. The van der Waals surface area contributed by atoms with Crippen molar-refractivity contribution >= 4 is 11.7 Å². The minimum Gasteiger partial charge on any atom is -0.341 e. The lowest BCUT2D eigenvalue weighted by Crippen LogP contribution is -2.36. The van der Waals surface area contributed by atoms with E-state index >= 15 is 0 Å². The molecule has 1 aliphatic heterocycles. The Balaban J connectivity index is 2.39. The Morgan fingerprint density at radius 1 is 1.27 bits per heavy atom. The molecule has 0 saturated carbocycles. The van der Waals surface area contributed by atoms with Crippen LogP contribution in [0.15, 0.2) is 9.98 Å². The van der Waals surface area contributed by atoms with Gasteiger partial charge in [0, 0.05) is 13.5 Å². The van der Waals surface area contributed by atoms with Gasteiger partial charge in [-0.3, -0.25) is 0 Å². The minimum atomic E-state index is 0.253. The summed E-state index contributed by atoms with van der Waals surface area (Å²) in [5.41, 5.74) is 0. The molecular formula is C12H23N3. The van der Waals surface area contributed by atoms with E-state index in [1.54, 1.807) is 0 Å². The summed E-state index contributed by atoms with van der Waals surface area (Å²) >= 11 is 0. The van der Waals surface area contributed by atoms with E-state index < -0.39 is 0 Å². The number of hydrogen-bond acceptors (Lipinski definition) is 3. The van der Waals surface area contributed by atoms with Gasteiger partial charge in [-0.15, -0.1) is 0 Å². The summed E-state index contributed by atoms with van der Waals surface area (Å²) in [7, 11) is 2.04. The molecule has 0 saturated heterocycles. The van der Waals surface area contributed by atoms with Crippen LogP contribution in [0.3, 0.4) is 0 Å². The van der Waals surface area contributed by atoms with E-state index in [2.05, 4.69) is 35.7 Å². The molecule has 0 bridgehead atoms. The molecule has 1 aliphatic rings. The van der Waals surface area contributed by atoms with Crippen molar-refractivity contribution in [3.63, 3.8) is 0 Å². The molecule has 3 heteroatoms. The van der Waals surface area contributed by atoms with Crippen LogP contribution in [0, 0.1) is 0 Å². The van der Waals surface area contributed by atoms with Crippen molar-refractivity contribution in [1.29, 1.82) is 0 Å². The van der Waals surface area contributed by atoms with Gasteiger partial charge >= 0.3 is 0 Å². The highest BCUT2D eigenvalue weighted by molar-refractivity contribution is 5.97. The van der Waals surface area contributed by atoms with Gasteiger partial charge in [-0.2, -0.15) is 0 Å². The van der Waals surface area contributed by atoms with E-state index in [0.29, 0.717) is 0 Å². The third-order valence-electron chi connectivity index (χ3n) is 2.95. The lowest BCUT2D eigenvalue weighted by Gasteiger charge is -2.27. The van der Waals surface area contributed by atoms with Crippen molar-refractivity contribution in [2.45, 2.75) is 59.0 Å². The first-order chi connectivity index (χ1) is 7.15. The quantitative estimate of drug-likeness (QED) is 0.639. The number of rotatable bonds is 5. The largest absolute Gasteiger partial charge is 0.341 e. The molecule has 1 heterocycles. The summed E-state index contributed by atoms with van der Waals surface area (Å²) < 4.78 is 0. The molecule has 1 rings (SSSR count). The Bertz CT molecular complexity index is 256. The minimum absolute atomic E-state index is 0.253. The predicted molar refractivity (Wildman–Crippen MR) is 66.5 cm³/mol. The zero-order valence-corrected chi connectivity index (χ0v) is 10.5. The number of amidine groups is 2. The molecule has 0 aromatic carbocycles. The fourth-order valence-electron chi connectivity index (χ4n) is 1.70. The molecular weight excluding hydrogens is 186 g/mol. The lowest BCUT2D eigenvalue weighted by atomic mass is 10.1. The molecule has 0 spiro atoms. The Morgan fingerprint density at radius 3 is 2.60 bits per heavy atom. The molecule has 0 aliphatic carbocycles. The number of nitrogens with zero attached hydrogens (tertiary/aromatic N) is 3. The summed E-state index contributed by atoms with van der Waals surface area (Å²) in [6.45, 7) is 6.40. The molecule has 0 aromatic heterocycles. The maximum Gasteiger partial charge on any atom is 0.127 e. The maximum atomic E-state index is 4.57. The van der Waals surface area contributed by atoms with Gasteiger partial charge in [0.1, 0.15) is 17.8 Å². The number of aliphatic imine (C=N–C) groups is 2. The van der Waals surface area contributed by atoms with Crippen molar-refractivity contribution in [2.24, 2.45) is 9.98 Å². The van der Waals surface area contributed by atoms with Crippen LogP contribution in [0.1, 0.15) is 52.9 Å². The molecule has 0 amide bonds. The van der Waals surface area contributed by atoms with Crippen LogP contribution in [0.25, 0.3) is 0 Å². The van der Waals surface area contributed by atoms with E-state index in [9.17, 15) is 0 Å². The second kappa shape index (κ2) is 5.89. The first kappa shape index (κ1) is 12.2. The third kappa shape index (κ3) is 3.65. The van der Waals surface area contributed by atoms with Crippen LogP contribution in [-0.4, -0.2) is 29.8 Å². The second-order valence-corrected chi connectivity index (χ2v) is 4.26. The van der Waals surface area contributed by atoms with Gasteiger partial charge in [-0.1, -0.05) is 26.2 Å². The summed E-state index contributed by atoms with van der Waals surface area (Å²) in [4.78, 5) is 11.2. The van der Waals surface area contributed by atoms with Gasteiger partial charge in [0.2, 0.25) is 0 Å². The Kier molecular flexibility index (Phi) is 4.79.